The van der Waals surface area contributed by atoms with Crippen LogP contribution in [0.1, 0.15) is 50.3 Å². The van der Waals surface area contributed by atoms with Crippen LogP contribution in [-0.4, -0.2) is 9.79 Å². The summed E-state index contributed by atoms with van der Waals surface area (Å²) in [6.07, 6.45) is 4.74. The van der Waals surface area contributed by atoms with Gasteiger partial charge in [-0.3, -0.25) is 4.57 Å². The van der Waals surface area contributed by atoms with Crippen molar-refractivity contribution in [1.82, 2.24) is 0 Å². The van der Waals surface area contributed by atoms with E-state index in [0.717, 1.165) is 31.2 Å². The summed E-state index contributed by atoms with van der Waals surface area (Å²) in [4.78, 5) is 18.8. The smallest absolute Gasteiger partial charge is 0.324 e. The van der Waals surface area contributed by atoms with E-state index >= 15 is 0 Å². The molecule has 2 N–H and O–H groups in total. The zero-order chi connectivity index (χ0) is 12.7. The number of rotatable bonds is 7. The van der Waals surface area contributed by atoms with Crippen molar-refractivity contribution >= 4 is 7.60 Å². The zero-order valence-electron chi connectivity index (χ0n) is 10.2. The molecule has 0 aliphatic rings. The minimum atomic E-state index is -4.05. The van der Waals surface area contributed by atoms with Crippen LogP contribution in [0.5, 0.6) is 0 Å². The Kier molecular flexibility index (Phi) is 5.90. The molecule has 0 radical (unpaired) electrons. The van der Waals surface area contributed by atoms with Crippen molar-refractivity contribution in [3.05, 3.63) is 35.9 Å². The fraction of sp³-hybridized carbons (Fsp3) is 0.538. The van der Waals surface area contributed by atoms with Gasteiger partial charge in [-0.1, -0.05) is 62.9 Å². The molecule has 1 aromatic carbocycles. The van der Waals surface area contributed by atoms with E-state index in [1.807, 2.05) is 18.2 Å². The van der Waals surface area contributed by atoms with E-state index in [0.29, 0.717) is 6.42 Å². The van der Waals surface area contributed by atoms with Gasteiger partial charge in [0.1, 0.15) is 0 Å². The van der Waals surface area contributed by atoms with Gasteiger partial charge in [-0.05, 0) is 12.0 Å². The van der Waals surface area contributed by atoms with Crippen molar-refractivity contribution in [3.63, 3.8) is 0 Å². The average Bonchev–Trinajstić information content (AvgIpc) is 2.28. The van der Waals surface area contributed by atoms with Gasteiger partial charge in [0.05, 0.1) is 5.66 Å². The van der Waals surface area contributed by atoms with E-state index in [2.05, 4.69) is 6.92 Å². The molecule has 17 heavy (non-hydrogen) atoms. The largest absolute Gasteiger partial charge is 0.332 e. The third-order valence-electron chi connectivity index (χ3n) is 2.92. The van der Waals surface area contributed by atoms with Gasteiger partial charge in [-0.15, -0.1) is 0 Å². The van der Waals surface area contributed by atoms with E-state index in [1.54, 1.807) is 12.1 Å². The lowest BCUT2D eigenvalue weighted by Gasteiger charge is -2.18. The zero-order valence-corrected chi connectivity index (χ0v) is 11.1. The summed E-state index contributed by atoms with van der Waals surface area (Å²) >= 11 is 0. The topological polar surface area (TPSA) is 57.5 Å². The number of benzene rings is 1. The summed E-state index contributed by atoms with van der Waals surface area (Å²) < 4.78 is 11.5. The van der Waals surface area contributed by atoms with Crippen LogP contribution in [0.2, 0.25) is 0 Å². The molecule has 96 valence electrons. The summed E-state index contributed by atoms with van der Waals surface area (Å²) in [6.45, 7) is 2.12. The Morgan fingerprint density at radius 3 is 2.29 bits per heavy atom. The molecule has 1 unspecified atom stereocenters. The second kappa shape index (κ2) is 6.95. The normalized spacial score (nSPS) is 13.6. The molecule has 3 nitrogen and oxygen atoms in total. The highest BCUT2D eigenvalue weighted by atomic mass is 31.2. The lowest BCUT2D eigenvalue weighted by Crippen LogP contribution is -2.00. The molecule has 1 aromatic rings. The van der Waals surface area contributed by atoms with Gasteiger partial charge >= 0.3 is 7.60 Å². The van der Waals surface area contributed by atoms with Crippen molar-refractivity contribution in [2.45, 2.75) is 44.7 Å². The Bertz CT molecular complexity index is 358. The average molecular weight is 256 g/mol. The van der Waals surface area contributed by atoms with Crippen molar-refractivity contribution < 1.29 is 14.4 Å². The van der Waals surface area contributed by atoms with E-state index in [-0.39, 0.29) is 0 Å². The quantitative estimate of drug-likeness (QED) is 0.575. The molecule has 1 rings (SSSR count). The van der Waals surface area contributed by atoms with E-state index in [9.17, 15) is 14.4 Å². The molecule has 0 aromatic heterocycles. The Labute approximate surface area is 103 Å². The molecule has 1 atom stereocenters. The Morgan fingerprint density at radius 2 is 1.76 bits per heavy atom. The maximum absolute atomic E-state index is 11.5. The summed E-state index contributed by atoms with van der Waals surface area (Å²) in [5.74, 6) is 0. The molecule has 0 aliphatic heterocycles. The molecule has 0 amide bonds. The van der Waals surface area contributed by atoms with Gasteiger partial charge in [-0.2, -0.15) is 0 Å². The van der Waals surface area contributed by atoms with Crippen molar-refractivity contribution in [2.75, 3.05) is 0 Å². The fourth-order valence-corrected chi connectivity index (χ4v) is 3.05. The standard InChI is InChI=1S/C13H21O3P/c1-2-3-4-8-11-13(17(14,15)16)12-9-6-5-7-10-12/h5-7,9-10,13H,2-4,8,11H2,1H3,(H2,14,15,16). The third-order valence-corrected chi connectivity index (χ3v) is 4.29. The van der Waals surface area contributed by atoms with E-state index < -0.39 is 13.3 Å². The molecule has 0 spiro atoms. The van der Waals surface area contributed by atoms with E-state index in [4.69, 9.17) is 0 Å². The molecule has 4 heteroatoms. The van der Waals surface area contributed by atoms with Gasteiger partial charge in [0.25, 0.3) is 0 Å². The van der Waals surface area contributed by atoms with Crippen LogP contribution in [0.25, 0.3) is 0 Å². The monoisotopic (exact) mass is 256 g/mol. The van der Waals surface area contributed by atoms with Crippen LogP contribution < -0.4 is 0 Å². The summed E-state index contributed by atoms with van der Waals surface area (Å²) in [6, 6.07) is 9.10. The van der Waals surface area contributed by atoms with Crippen molar-refractivity contribution in [1.29, 1.82) is 0 Å². The summed E-state index contributed by atoms with van der Waals surface area (Å²) in [5.41, 5.74) is 0.109. The first-order chi connectivity index (χ1) is 8.05. The van der Waals surface area contributed by atoms with Crippen LogP contribution in [0.3, 0.4) is 0 Å². The van der Waals surface area contributed by atoms with Crippen LogP contribution in [-0.2, 0) is 4.57 Å². The molecular formula is C13H21O3P. The highest BCUT2D eigenvalue weighted by Gasteiger charge is 2.29. The molecular weight excluding hydrogens is 235 g/mol. The van der Waals surface area contributed by atoms with Crippen molar-refractivity contribution in [3.8, 4) is 0 Å². The van der Waals surface area contributed by atoms with Gasteiger partial charge in [0.2, 0.25) is 0 Å². The highest BCUT2D eigenvalue weighted by Crippen LogP contribution is 2.54. The lowest BCUT2D eigenvalue weighted by molar-refractivity contribution is 0.353. The Hall–Kier alpha value is -0.630. The molecule has 0 fully saturated rings. The predicted molar refractivity (Wildman–Crippen MR) is 70.0 cm³/mol. The minimum absolute atomic E-state index is 0.564. The van der Waals surface area contributed by atoms with Gasteiger partial charge in [0.15, 0.2) is 0 Å². The predicted octanol–water partition coefficient (Wildman–Crippen LogP) is 3.88. The first-order valence-corrected chi connectivity index (χ1v) is 7.84. The first-order valence-electron chi connectivity index (χ1n) is 6.16. The minimum Gasteiger partial charge on any atom is -0.324 e. The Balaban J connectivity index is 2.66. The number of hydrogen-bond acceptors (Lipinski definition) is 1. The summed E-state index contributed by atoms with van der Waals surface area (Å²) in [5, 5.41) is 0. The molecule has 0 aliphatic carbocycles. The van der Waals surface area contributed by atoms with Gasteiger partial charge < -0.3 is 9.79 Å². The molecule has 0 saturated heterocycles. The van der Waals surface area contributed by atoms with Crippen LogP contribution in [0.15, 0.2) is 30.3 Å². The molecule has 0 saturated carbocycles. The van der Waals surface area contributed by atoms with E-state index in [1.165, 1.54) is 0 Å². The fourth-order valence-electron chi connectivity index (χ4n) is 1.97. The maximum Gasteiger partial charge on any atom is 0.332 e. The second-order valence-electron chi connectivity index (χ2n) is 4.36. The van der Waals surface area contributed by atoms with Crippen molar-refractivity contribution in [2.24, 2.45) is 0 Å². The lowest BCUT2D eigenvalue weighted by atomic mass is 10.1. The van der Waals surface area contributed by atoms with Gasteiger partial charge in [0, 0.05) is 0 Å². The van der Waals surface area contributed by atoms with Crippen LogP contribution in [0.4, 0.5) is 0 Å². The number of unbranched alkanes of at least 4 members (excludes halogenated alkanes) is 3. The van der Waals surface area contributed by atoms with Crippen LogP contribution >= 0.6 is 7.60 Å². The molecule has 0 bridgehead atoms. The highest BCUT2D eigenvalue weighted by molar-refractivity contribution is 7.52. The van der Waals surface area contributed by atoms with Gasteiger partial charge in [-0.25, -0.2) is 0 Å². The summed E-state index contributed by atoms with van der Waals surface area (Å²) in [7, 11) is -4.05. The maximum atomic E-state index is 11.5. The third kappa shape index (κ3) is 5.03. The number of hydrogen-bond donors (Lipinski definition) is 2. The Morgan fingerprint density at radius 1 is 1.12 bits per heavy atom. The SMILES string of the molecule is CCCCCCC(c1ccccc1)P(=O)(O)O. The second-order valence-corrected chi connectivity index (χ2v) is 6.17. The first kappa shape index (κ1) is 14.4. The molecule has 0 heterocycles. The van der Waals surface area contributed by atoms with Crippen LogP contribution in [0, 0.1) is 0 Å².